The van der Waals surface area contributed by atoms with Gasteiger partial charge in [0.2, 0.25) is 5.91 Å². The van der Waals surface area contributed by atoms with Gasteiger partial charge in [0.05, 0.1) is 52.4 Å². The lowest BCUT2D eigenvalue weighted by atomic mass is 9.93. The maximum atomic E-state index is 13.4. The standard InChI is InChI=1S/C39H47I4NO21/c1-13(45)5-14-6-16(40)34(17(41)7-14)60-15-8-18(42)33(19(43)9-15)59-4-2-3-44-23(46)10-21-35(64-38-31(56)27(52)26(51)20(62-38)11-24(47)48)29(54)32(57)39(63-21)65-36-22(12-25(49)50)61-37(58)30(55)28(36)53/h6-9,20-22,26-32,35-39,51-58H,2-5,10-12H2,1H3,(H,44,46)(H,47,48)(H,49,50)/t20?,21?,22?,26-,27+,28-,29-,30?,31?,32?,35-,36-,37-,38+,39+/m1/s1. The summed E-state index contributed by atoms with van der Waals surface area (Å²) < 4.78 is 43.3. The van der Waals surface area contributed by atoms with E-state index in [-0.39, 0.29) is 25.4 Å². The van der Waals surface area contributed by atoms with Crippen LogP contribution >= 0.6 is 90.4 Å². The van der Waals surface area contributed by atoms with E-state index in [4.69, 9.17) is 33.2 Å². The number of ether oxygens (including phenoxy) is 7. The van der Waals surface area contributed by atoms with Gasteiger partial charge in [0, 0.05) is 13.0 Å². The molecule has 22 nitrogen and oxygen atoms in total. The van der Waals surface area contributed by atoms with Crippen molar-refractivity contribution in [2.45, 2.75) is 131 Å². The van der Waals surface area contributed by atoms with Crippen LogP contribution in [-0.4, -0.2) is 180 Å². The molecular formula is C39H47I4NO21. The quantitative estimate of drug-likeness (QED) is 0.0636. The average molecular weight is 1370 g/mol. The monoisotopic (exact) mass is 1370 g/mol. The summed E-state index contributed by atoms with van der Waals surface area (Å²) in [4.78, 5) is 48.0. The lowest BCUT2D eigenvalue weighted by molar-refractivity contribution is -0.373. The molecular weight excluding hydrogens is 1330 g/mol. The summed E-state index contributed by atoms with van der Waals surface area (Å²) in [6.07, 6.45) is -30.4. The number of ketones is 1. The average Bonchev–Trinajstić information content (AvgIpc) is 3.21. The van der Waals surface area contributed by atoms with E-state index in [0.717, 1.165) is 19.8 Å². The Labute approximate surface area is 424 Å². The molecule has 3 fully saturated rings. The summed E-state index contributed by atoms with van der Waals surface area (Å²) >= 11 is 8.55. The molecule has 6 unspecified atom stereocenters. The van der Waals surface area contributed by atoms with Crippen molar-refractivity contribution >= 4 is 114 Å². The van der Waals surface area contributed by atoms with Crippen LogP contribution in [0, 0.1) is 14.3 Å². The fourth-order valence-electron chi connectivity index (χ4n) is 7.13. The first-order valence-corrected chi connectivity index (χ1v) is 24.1. The smallest absolute Gasteiger partial charge is 0.306 e. The SMILES string of the molecule is CC(=O)Cc1cc(I)c(Oc2cc(I)c(OCCCNC(=O)CC3O[C@@H](O[C@@H]4C(CC(=O)O)O[C@@H](O)C(O)[C@H]4O)C(O)[C@@H](O)[C@@H]3O[C@@H]3OC(CC(=O)O)[C@@H](O)[C@H](O)C3O)c(I)c2)c(I)c1. The molecule has 2 aromatic carbocycles. The molecule has 5 rings (SSSR count). The maximum Gasteiger partial charge on any atom is 0.306 e. The molecule has 3 saturated heterocycles. The molecule has 0 spiro atoms. The van der Waals surface area contributed by atoms with Gasteiger partial charge >= 0.3 is 11.9 Å². The number of hydrogen-bond acceptors (Lipinski definition) is 19. The fourth-order valence-corrected chi connectivity index (χ4v) is 11.3. The highest BCUT2D eigenvalue weighted by Gasteiger charge is 2.54. The Morgan fingerprint density at radius 1 is 0.615 bits per heavy atom. The van der Waals surface area contributed by atoms with Gasteiger partial charge in [-0.2, -0.15) is 0 Å². The van der Waals surface area contributed by atoms with Gasteiger partial charge in [0.25, 0.3) is 0 Å². The number of aliphatic carboxylic acids is 2. The zero-order valence-electron chi connectivity index (χ0n) is 33.9. The van der Waals surface area contributed by atoms with Crippen molar-refractivity contribution in [2.24, 2.45) is 0 Å². The number of Topliss-reactive ketones (excluding diaryl/α,β-unsaturated/α-hetero) is 1. The van der Waals surface area contributed by atoms with Gasteiger partial charge in [0.15, 0.2) is 24.6 Å². The van der Waals surface area contributed by atoms with E-state index in [0.29, 0.717) is 23.7 Å². The van der Waals surface area contributed by atoms with Crippen LogP contribution in [0.1, 0.15) is 38.2 Å². The highest BCUT2D eigenvalue weighted by atomic mass is 127. The second-order valence-electron chi connectivity index (χ2n) is 15.3. The molecule has 3 aliphatic rings. The minimum absolute atomic E-state index is 0.0428. The molecule has 3 aliphatic heterocycles. The van der Waals surface area contributed by atoms with Gasteiger partial charge in [-0.25, -0.2) is 0 Å². The first kappa shape index (κ1) is 54.5. The fraction of sp³-hybridized carbons (Fsp3) is 0.590. The van der Waals surface area contributed by atoms with E-state index in [1.807, 2.05) is 12.1 Å². The Morgan fingerprint density at radius 2 is 1.11 bits per heavy atom. The van der Waals surface area contributed by atoms with Gasteiger partial charge < -0.3 is 89.5 Å². The van der Waals surface area contributed by atoms with Gasteiger partial charge in [-0.05, 0) is 134 Å². The van der Waals surface area contributed by atoms with Crippen LogP contribution in [0.15, 0.2) is 24.3 Å². The van der Waals surface area contributed by atoms with E-state index in [9.17, 15) is 70.2 Å². The van der Waals surface area contributed by atoms with Crippen LogP contribution in [0.3, 0.4) is 0 Å². The first-order chi connectivity index (χ1) is 30.6. The lowest BCUT2D eigenvalue weighted by Crippen LogP contribution is -2.66. The summed E-state index contributed by atoms with van der Waals surface area (Å²) in [5.74, 6) is -1.80. The second kappa shape index (κ2) is 24.4. The third-order valence-electron chi connectivity index (χ3n) is 10.3. The molecule has 11 N–H and O–H groups in total. The third kappa shape index (κ3) is 14.3. The molecule has 3 heterocycles. The molecule has 0 bridgehead atoms. The molecule has 1 amide bonds. The minimum atomic E-state index is -2.13. The molecule has 362 valence electrons. The summed E-state index contributed by atoms with van der Waals surface area (Å²) in [6, 6.07) is 7.39. The number of aliphatic hydroxyl groups excluding tert-OH is 8. The number of carbonyl (C=O) groups is 4. The number of nitrogens with one attached hydrogen (secondary N) is 1. The van der Waals surface area contributed by atoms with Gasteiger partial charge in [-0.1, -0.05) is 0 Å². The van der Waals surface area contributed by atoms with Crippen molar-refractivity contribution in [3.05, 3.63) is 44.1 Å². The van der Waals surface area contributed by atoms with Crippen molar-refractivity contribution in [3.8, 4) is 17.2 Å². The van der Waals surface area contributed by atoms with Crippen molar-refractivity contribution in [1.82, 2.24) is 5.32 Å². The van der Waals surface area contributed by atoms with Crippen LogP contribution < -0.4 is 14.8 Å². The number of aliphatic hydroxyl groups is 8. The summed E-state index contributed by atoms with van der Waals surface area (Å²) in [5.41, 5.74) is 0.884. The molecule has 0 aliphatic carbocycles. The van der Waals surface area contributed by atoms with E-state index >= 15 is 0 Å². The predicted octanol–water partition coefficient (Wildman–Crippen LogP) is -0.283. The van der Waals surface area contributed by atoms with E-state index in [1.165, 1.54) is 6.92 Å². The number of halogens is 4. The number of carbonyl (C=O) groups excluding carboxylic acids is 2. The number of hydrogen-bond donors (Lipinski definition) is 11. The van der Waals surface area contributed by atoms with Gasteiger partial charge in [-0.15, -0.1) is 0 Å². The molecule has 15 atom stereocenters. The lowest BCUT2D eigenvalue weighted by Gasteiger charge is -2.48. The van der Waals surface area contributed by atoms with E-state index < -0.39 is 129 Å². The van der Waals surface area contributed by atoms with Crippen LogP contribution in [0.25, 0.3) is 0 Å². The number of carboxylic acids is 2. The van der Waals surface area contributed by atoms with Crippen LogP contribution in [0.5, 0.6) is 17.2 Å². The number of benzene rings is 2. The zero-order valence-corrected chi connectivity index (χ0v) is 42.5. The van der Waals surface area contributed by atoms with Crippen LogP contribution in [0.2, 0.25) is 0 Å². The molecule has 0 saturated carbocycles. The van der Waals surface area contributed by atoms with Gasteiger partial charge in [-0.3, -0.25) is 19.2 Å². The number of carboxylic acid groups (broad SMARTS) is 2. The molecule has 0 radical (unpaired) electrons. The normalized spacial score (nSPS) is 32.7. The Bertz CT molecular complexity index is 1970. The van der Waals surface area contributed by atoms with Crippen molar-refractivity contribution in [1.29, 1.82) is 0 Å². The van der Waals surface area contributed by atoms with E-state index in [1.54, 1.807) is 12.1 Å². The maximum absolute atomic E-state index is 13.4. The molecule has 0 aromatic heterocycles. The summed E-state index contributed by atoms with van der Waals surface area (Å²) in [5, 5.41) is 106. The van der Waals surface area contributed by atoms with Crippen LogP contribution in [0.4, 0.5) is 0 Å². The Kier molecular flexibility index (Phi) is 20.4. The van der Waals surface area contributed by atoms with Crippen molar-refractivity contribution in [3.63, 3.8) is 0 Å². The van der Waals surface area contributed by atoms with Gasteiger partial charge in [0.1, 0.15) is 78.3 Å². The summed E-state index contributed by atoms with van der Waals surface area (Å²) in [7, 11) is 0. The highest BCUT2D eigenvalue weighted by Crippen LogP contribution is 2.38. The molecule has 65 heavy (non-hydrogen) atoms. The predicted molar refractivity (Wildman–Crippen MR) is 250 cm³/mol. The topological polar surface area (TPSA) is 347 Å². The summed E-state index contributed by atoms with van der Waals surface area (Å²) in [6.45, 7) is 1.71. The Balaban J connectivity index is 1.25. The second-order valence-corrected chi connectivity index (χ2v) is 20.0. The Morgan fingerprint density at radius 3 is 1.66 bits per heavy atom. The zero-order chi connectivity index (χ0) is 48.0. The Hall–Kier alpha value is -1.48. The number of rotatable bonds is 19. The van der Waals surface area contributed by atoms with Crippen molar-refractivity contribution < 1.29 is 103 Å². The molecule has 2 aromatic rings. The molecule has 26 heteroatoms. The first-order valence-electron chi connectivity index (χ1n) is 19.7. The third-order valence-corrected chi connectivity index (χ3v) is 13.5. The van der Waals surface area contributed by atoms with Crippen LogP contribution in [-0.2, 0) is 49.3 Å². The minimum Gasteiger partial charge on any atom is -0.491 e. The van der Waals surface area contributed by atoms with Crippen molar-refractivity contribution in [2.75, 3.05) is 13.2 Å². The largest absolute Gasteiger partial charge is 0.491 e. The number of amides is 1. The highest BCUT2D eigenvalue weighted by molar-refractivity contribution is 14.1. The van der Waals surface area contributed by atoms with E-state index in [2.05, 4.69) is 95.7 Å².